The highest BCUT2D eigenvalue weighted by Crippen LogP contribution is 2.09. The first-order chi connectivity index (χ1) is 12.0. The van der Waals surface area contributed by atoms with Crippen LogP contribution in [0, 0.1) is 5.92 Å². The highest BCUT2D eigenvalue weighted by atomic mass is 16.5. The highest BCUT2D eigenvalue weighted by Gasteiger charge is 2.11. The molecule has 1 atom stereocenters. The molecule has 0 bridgehead atoms. The lowest BCUT2D eigenvalue weighted by atomic mass is 10.1. The van der Waals surface area contributed by atoms with Crippen molar-refractivity contribution in [3.05, 3.63) is 48.5 Å². The molecule has 1 unspecified atom stereocenters. The minimum Gasteiger partial charge on any atom is -0.498 e. The van der Waals surface area contributed by atoms with E-state index < -0.39 is 0 Å². The average Bonchev–Trinajstić information content (AvgIpc) is 2.59. The van der Waals surface area contributed by atoms with E-state index in [1.165, 1.54) is 25.8 Å². The monoisotopic (exact) mass is 348 g/mol. The second-order valence-electron chi connectivity index (χ2n) is 6.69. The van der Waals surface area contributed by atoms with Gasteiger partial charge in [0.15, 0.2) is 0 Å². The maximum atomic E-state index is 5.95. The van der Waals surface area contributed by atoms with Crippen molar-refractivity contribution >= 4 is 0 Å². The molecule has 144 valence electrons. The molecule has 0 radical (unpaired) electrons. The fourth-order valence-corrected chi connectivity index (χ4v) is 2.55. The Balaban J connectivity index is 4.55. The lowest BCUT2D eigenvalue weighted by Crippen LogP contribution is -2.32. The third-order valence-corrected chi connectivity index (χ3v) is 3.99. The normalized spacial score (nSPS) is 13.7. The largest absolute Gasteiger partial charge is 0.498 e. The summed E-state index contributed by atoms with van der Waals surface area (Å²) in [6.45, 7) is 22.5. The van der Waals surface area contributed by atoms with E-state index in [-0.39, 0.29) is 0 Å². The van der Waals surface area contributed by atoms with Gasteiger partial charge in [0, 0.05) is 23.9 Å². The van der Waals surface area contributed by atoms with Crippen molar-refractivity contribution in [2.75, 3.05) is 26.2 Å². The van der Waals surface area contributed by atoms with Crippen LogP contribution in [0.2, 0.25) is 0 Å². The van der Waals surface area contributed by atoms with Gasteiger partial charge >= 0.3 is 0 Å². The topological polar surface area (TPSA) is 24.5 Å². The number of nitrogens with zero attached hydrogens (tertiary/aromatic N) is 1. The minimum absolute atomic E-state index is 0.356. The van der Waals surface area contributed by atoms with Gasteiger partial charge in [-0.2, -0.15) is 0 Å². The zero-order chi connectivity index (χ0) is 19.1. The zero-order valence-corrected chi connectivity index (χ0v) is 17.2. The fraction of sp³-hybridized carbons (Fsp3) is 0.636. The highest BCUT2D eigenvalue weighted by molar-refractivity contribution is 5.16. The molecule has 0 aliphatic rings. The van der Waals surface area contributed by atoms with Crippen LogP contribution in [0.3, 0.4) is 0 Å². The van der Waals surface area contributed by atoms with Crippen molar-refractivity contribution < 1.29 is 4.74 Å². The minimum atomic E-state index is 0.356. The Bertz CT molecular complexity index is 437. The van der Waals surface area contributed by atoms with E-state index in [1.54, 1.807) is 0 Å². The Kier molecular flexibility index (Phi) is 14.0. The van der Waals surface area contributed by atoms with Gasteiger partial charge in [0.2, 0.25) is 0 Å². The van der Waals surface area contributed by atoms with Crippen LogP contribution >= 0.6 is 0 Å². The predicted octanol–water partition coefficient (Wildman–Crippen LogP) is 5.64. The summed E-state index contributed by atoms with van der Waals surface area (Å²) in [7, 11) is 0. The van der Waals surface area contributed by atoms with Crippen LogP contribution in [0.15, 0.2) is 48.5 Å². The summed E-state index contributed by atoms with van der Waals surface area (Å²) >= 11 is 0. The van der Waals surface area contributed by atoms with E-state index in [0.29, 0.717) is 12.5 Å². The second kappa shape index (κ2) is 14.8. The van der Waals surface area contributed by atoms with Crippen molar-refractivity contribution in [1.82, 2.24) is 10.2 Å². The molecule has 25 heavy (non-hydrogen) atoms. The Morgan fingerprint density at radius 3 is 2.36 bits per heavy atom. The van der Waals surface area contributed by atoms with Crippen LogP contribution < -0.4 is 5.32 Å². The van der Waals surface area contributed by atoms with E-state index >= 15 is 0 Å². The molecule has 0 heterocycles. The summed E-state index contributed by atoms with van der Waals surface area (Å²) in [5, 5.41) is 3.26. The van der Waals surface area contributed by atoms with E-state index in [2.05, 4.69) is 50.2 Å². The number of unbranched alkanes of at least 4 members (excludes halogenated alkanes) is 1. The fourth-order valence-electron chi connectivity index (χ4n) is 2.55. The lowest BCUT2D eigenvalue weighted by Gasteiger charge is -2.25. The number of hydrogen-bond donors (Lipinski definition) is 1. The van der Waals surface area contributed by atoms with Crippen LogP contribution in [0.4, 0.5) is 0 Å². The molecular formula is C22H40N2O. The van der Waals surface area contributed by atoms with Crippen molar-refractivity contribution in [1.29, 1.82) is 0 Å². The van der Waals surface area contributed by atoms with Crippen LogP contribution in [0.5, 0.6) is 0 Å². The van der Waals surface area contributed by atoms with Gasteiger partial charge in [-0.05, 0) is 58.4 Å². The Hall–Kier alpha value is -1.48. The lowest BCUT2D eigenvalue weighted by molar-refractivity contribution is 0.150. The maximum Gasteiger partial charge on any atom is 0.0952 e. The summed E-state index contributed by atoms with van der Waals surface area (Å²) in [5.41, 5.74) is 2.10. The molecule has 0 aromatic carbocycles. The quantitative estimate of drug-likeness (QED) is 0.235. The number of hydrogen-bond acceptors (Lipinski definition) is 3. The molecule has 0 amide bonds. The van der Waals surface area contributed by atoms with E-state index in [0.717, 1.165) is 36.7 Å². The van der Waals surface area contributed by atoms with Crippen molar-refractivity contribution in [2.24, 2.45) is 5.92 Å². The first-order valence-electron chi connectivity index (χ1n) is 9.74. The summed E-state index contributed by atoms with van der Waals surface area (Å²) in [5.74, 6) is 1.28. The molecule has 0 saturated heterocycles. The van der Waals surface area contributed by atoms with Crippen LogP contribution in [-0.4, -0.2) is 31.1 Å². The second-order valence-corrected chi connectivity index (χ2v) is 6.69. The molecule has 0 rings (SSSR count). The van der Waals surface area contributed by atoms with Gasteiger partial charge in [-0.3, -0.25) is 0 Å². The van der Waals surface area contributed by atoms with Gasteiger partial charge in [0.05, 0.1) is 12.4 Å². The van der Waals surface area contributed by atoms with E-state index in [4.69, 9.17) is 4.74 Å². The van der Waals surface area contributed by atoms with Crippen LogP contribution in [0.25, 0.3) is 0 Å². The van der Waals surface area contributed by atoms with Gasteiger partial charge in [0.1, 0.15) is 0 Å². The van der Waals surface area contributed by atoms with Crippen LogP contribution in [0.1, 0.15) is 60.3 Å². The number of nitrogens with one attached hydrogen (secondary N) is 1. The van der Waals surface area contributed by atoms with Crippen LogP contribution in [-0.2, 0) is 4.74 Å². The summed E-state index contributed by atoms with van der Waals surface area (Å²) in [4.78, 5) is 2.53. The van der Waals surface area contributed by atoms with Crippen molar-refractivity contribution in [2.45, 2.75) is 60.3 Å². The molecule has 0 aliphatic heterocycles. The summed E-state index contributed by atoms with van der Waals surface area (Å²) in [6, 6.07) is 0. The smallest absolute Gasteiger partial charge is 0.0952 e. The van der Waals surface area contributed by atoms with Gasteiger partial charge in [-0.15, -0.1) is 6.58 Å². The third-order valence-electron chi connectivity index (χ3n) is 3.99. The van der Waals surface area contributed by atoms with Gasteiger partial charge in [-0.1, -0.05) is 39.8 Å². The SMILES string of the molecule is C=CC(CO/C(C)=C/C=C(\CC)NC(=C)C)CN(CCC)CCCC. The number of allylic oxidation sites excluding steroid dienone is 5. The Morgan fingerprint density at radius 2 is 1.84 bits per heavy atom. The standard InChI is InChI=1S/C22H40N2O/c1-8-12-16-24(15-9-2)17-21(10-3)18-25-20(7)13-14-22(11-4)23-19(5)6/h10,13-14,21,23H,3,5,8-9,11-12,15-18H2,1-2,4,6-7H3/b20-13+,22-14+. The molecule has 0 fully saturated rings. The summed E-state index contributed by atoms with van der Waals surface area (Å²) < 4.78 is 5.95. The number of ether oxygens (including phenoxy) is 1. The molecule has 0 spiro atoms. The van der Waals surface area contributed by atoms with Gasteiger partial charge < -0.3 is 15.0 Å². The Labute approximate surface area is 156 Å². The molecular weight excluding hydrogens is 308 g/mol. The van der Waals surface area contributed by atoms with Gasteiger partial charge in [0.25, 0.3) is 0 Å². The maximum absolute atomic E-state index is 5.95. The summed E-state index contributed by atoms with van der Waals surface area (Å²) in [6.07, 6.45) is 10.7. The average molecular weight is 349 g/mol. The molecule has 1 N–H and O–H groups in total. The molecule has 3 heteroatoms. The molecule has 0 aliphatic carbocycles. The predicted molar refractivity (Wildman–Crippen MR) is 111 cm³/mol. The van der Waals surface area contributed by atoms with E-state index in [1.807, 2.05) is 26.0 Å². The zero-order valence-electron chi connectivity index (χ0n) is 17.2. The molecule has 0 aromatic heterocycles. The Morgan fingerprint density at radius 1 is 1.12 bits per heavy atom. The third kappa shape index (κ3) is 12.5. The van der Waals surface area contributed by atoms with E-state index in [9.17, 15) is 0 Å². The first-order valence-corrected chi connectivity index (χ1v) is 9.74. The van der Waals surface area contributed by atoms with Crippen molar-refractivity contribution in [3.63, 3.8) is 0 Å². The number of rotatable bonds is 15. The first kappa shape index (κ1) is 23.5. The molecule has 0 aromatic rings. The van der Waals surface area contributed by atoms with Gasteiger partial charge in [-0.25, -0.2) is 0 Å². The van der Waals surface area contributed by atoms with Crippen molar-refractivity contribution in [3.8, 4) is 0 Å². The molecule has 0 saturated carbocycles. The molecule has 3 nitrogen and oxygen atoms in total.